The Balaban J connectivity index is 2.34. The molecular weight excluding hydrogens is 273 g/mol. The molecule has 0 radical (unpaired) electrons. The second-order valence-electron chi connectivity index (χ2n) is 4.66. The zero-order valence-corrected chi connectivity index (χ0v) is 11.4. The Morgan fingerprint density at radius 2 is 2.15 bits per heavy atom. The van der Waals surface area contributed by atoms with Crippen molar-refractivity contribution in [2.45, 2.75) is 25.6 Å². The predicted molar refractivity (Wildman–Crippen MR) is 68.8 cm³/mol. The number of nitrogens with zero attached hydrogens (tertiary/aromatic N) is 3. The molecule has 1 saturated heterocycles. The molecule has 0 aliphatic carbocycles. The number of aromatic nitrogens is 2. The molecule has 1 unspecified atom stereocenters. The van der Waals surface area contributed by atoms with Crippen LogP contribution in [0.5, 0.6) is 0 Å². The first-order valence-corrected chi connectivity index (χ1v) is 6.40. The van der Waals surface area contributed by atoms with Crippen LogP contribution in [-0.4, -0.2) is 42.8 Å². The van der Waals surface area contributed by atoms with Crippen molar-refractivity contribution in [1.29, 1.82) is 0 Å². The number of halogens is 3. The number of nitrogens with one attached hydrogen (secondary N) is 1. The second-order valence-corrected chi connectivity index (χ2v) is 4.66. The maximum absolute atomic E-state index is 12.8. The summed E-state index contributed by atoms with van der Waals surface area (Å²) >= 11 is 0. The molecule has 2 rings (SSSR count). The molecule has 0 saturated carbocycles. The summed E-state index contributed by atoms with van der Waals surface area (Å²) in [6.07, 6.45) is -3.78. The number of hydrogen-bond acceptors (Lipinski definition) is 5. The average molecular weight is 290 g/mol. The van der Waals surface area contributed by atoms with Crippen molar-refractivity contribution < 1.29 is 17.9 Å². The van der Waals surface area contributed by atoms with Crippen molar-refractivity contribution >= 4 is 11.8 Å². The van der Waals surface area contributed by atoms with Crippen molar-refractivity contribution in [3.8, 4) is 0 Å². The number of alkyl halides is 3. The molecule has 1 atom stereocenters. The molecule has 1 aromatic heterocycles. The third-order valence-corrected chi connectivity index (χ3v) is 3.00. The van der Waals surface area contributed by atoms with Crippen LogP contribution in [0.3, 0.4) is 0 Å². The highest BCUT2D eigenvalue weighted by atomic mass is 19.4. The van der Waals surface area contributed by atoms with E-state index in [0.717, 1.165) is 12.5 Å². The van der Waals surface area contributed by atoms with Gasteiger partial charge in [0.1, 0.15) is 5.82 Å². The summed E-state index contributed by atoms with van der Waals surface area (Å²) in [5.41, 5.74) is -0.940. The topological polar surface area (TPSA) is 50.3 Å². The standard InChI is InChI=1S/C12H17F3N4O/c1-8-7-19(4-3-5-20-8)10-6-9(12(13,14)15)17-11(16-2)18-10/h6,8H,3-5,7H2,1-2H3,(H,16,17,18). The van der Waals surface area contributed by atoms with E-state index in [-0.39, 0.29) is 17.9 Å². The normalized spacial score (nSPS) is 20.6. The van der Waals surface area contributed by atoms with Gasteiger partial charge in [-0.15, -0.1) is 0 Å². The maximum Gasteiger partial charge on any atom is 0.433 e. The van der Waals surface area contributed by atoms with Crippen LogP contribution in [0.2, 0.25) is 0 Å². The highest BCUT2D eigenvalue weighted by Gasteiger charge is 2.34. The van der Waals surface area contributed by atoms with Crippen LogP contribution in [0, 0.1) is 0 Å². The zero-order chi connectivity index (χ0) is 14.8. The molecule has 1 fully saturated rings. The van der Waals surface area contributed by atoms with E-state index in [1.807, 2.05) is 6.92 Å². The smallest absolute Gasteiger partial charge is 0.377 e. The van der Waals surface area contributed by atoms with Crippen molar-refractivity contribution in [3.05, 3.63) is 11.8 Å². The molecule has 0 aromatic carbocycles. The lowest BCUT2D eigenvalue weighted by Gasteiger charge is -2.24. The van der Waals surface area contributed by atoms with Gasteiger partial charge in [-0.1, -0.05) is 0 Å². The van der Waals surface area contributed by atoms with E-state index in [9.17, 15) is 13.2 Å². The minimum atomic E-state index is -4.49. The van der Waals surface area contributed by atoms with Gasteiger partial charge in [0, 0.05) is 32.8 Å². The number of rotatable bonds is 2. The van der Waals surface area contributed by atoms with Crippen molar-refractivity contribution in [2.24, 2.45) is 0 Å². The summed E-state index contributed by atoms with van der Waals surface area (Å²) in [6, 6.07) is 0.985. The van der Waals surface area contributed by atoms with E-state index in [0.29, 0.717) is 19.7 Å². The van der Waals surface area contributed by atoms with Gasteiger partial charge in [0.2, 0.25) is 5.95 Å². The molecule has 1 aromatic rings. The molecule has 2 heterocycles. The molecule has 112 valence electrons. The molecule has 0 amide bonds. The van der Waals surface area contributed by atoms with Gasteiger partial charge in [-0.2, -0.15) is 18.2 Å². The van der Waals surface area contributed by atoms with Crippen LogP contribution in [0.1, 0.15) is 19.0 Å². The first kappa shape index (κ1) is 14.8. The first-order chi connectivity index (χ1) is 9.40. The Bertz CT molecular complexity index is 467. The van der Waals surface area contributed by atoms with Crippen LogP contribution in [0.15, 0.2) is 6.07 Å². The number of ether oxygens (including phenoxy) is 1. The Kier molecular flexibility index (Phi) is 4.32. The zero-order valence-electron chi connectivity index (χ0n) is 11.4. The van der Waals surface area contributed by atoms with E-state index in [1.165, 1.54) is 7.05 Å². The molecule has 20 heavy (non-hydrogen) atoms. The Hall–Kier alpha value is -1.57. The molecule has 1 aliphatic rings. The van der Waals surface area contributed by atoms with Gasteiger partial charge in [-0.05, 0) is 13.3 Å². The van der Waals surface area contributed by atoms with Gasteiger partial charge >= 0.3 is 6.18 Å². The van der Waals surface area contributed by atoms with E-state index in [2.05, 4.69) is 15.3 Å². The molecule has 8 heteroatoms. The summed E-state index contributed by atoms with van der Waals surface area (Å²) in [7, 11) is 1.49. The van der Waals surface area contributed by atoms with E-state index >= 15 is 0 Å². The molecular formula is C12H17F3N4O. The third-order valence-electron chi connectivity index (χ3n) is 3.00. The summed E-state index contributed by atoms with van der Waals surface area (Å²) in [6.45, 7) is 3.62. The summed E-state index contributed by atoms with van der Waals surface area (Å²) < 4.78 is 44.0. The Morgan fingerprint density at radius 3 is 2.80 bits per heavy atom. The highest BCUT2D eigenvalue weighted by Crippen LogP contribution is 2.30. The van der Waals surface area contributed by atoms with Gasteiger partial charge in [0.25, 0.3) is 0 Å². The highest BCUT2D eigenvalue weighted by molar-refractivity contribution is 5.45. The SMILES string of the molecule is CNc1nc(N2CCCOC(C)C2)cc(C(F)(F)F)n1. The molecule has 0 spiro atoms. The van der Waals surface area contributed by atoms with Crippen LogP contribution >= 0.6 is 0 Å². The van der Waals surface area contributed by atoms with E-state index in [4.69, 9.17) is 4.74 Å². The molecule has 5 nitrogen and oxygen atoms in total. The van der Waals surface area contributed by atoms with Crippen LogP contribution < -0.4 is 10.2 Å². The van der Waals surface area contributed by atoms with Crippen LogP contribution in [0.25, 0.3) is 0 Å². The second kappa shape index (κ2) is 5.82. The lowest BCUT2D eigenvalue weighted by atomic mass is 10.3. The summed E-state index contributed by atoms with van der Waals surface area (Å²) in [5.74, 6) is 0.238. The minimum absolute atomic E-state index is 0.0346. The first-order valence-electron chi connectivity index (χ1n) is 6.40. The lowest BCUT2D eigenvalue weighted by Crippen LogP contribution is -2.31. The minimum Gasteiger partial charge on any atom is -0.377 e. The van der Waals surface area contributed by atoms with Crippen molar-refractivity contribution in [1.82, 2.24) is 9.97 Å². The van der Waals surface area contributed by atoms with Gasteiger partial charge in [-0.25, -0.2) is 4.98 Å². The summed E-state index contributed by atoms with van der Waals surface area (Å²) in [5, 5.41) is 2.57. The van der Waals surface area contributed by atoms with E-state index < -0.39 is 11.9 Å². The predicted octanol–water partition coefficient (Wildman–Crippen LogP) is 2.15. The van der Waals surface area contributed by atoms with Crippen molar-refractivity contribution in [3.63, 3.8) is 0 Å². The third kappa shape index (κ3) is 3.50. The van der Waals surface area contributed by atoms with Crippen LogP contribution in [0.4, 0.5) is 24.9 Å². The van der Waals surface area contributed by atoms with E-state index in [1.54, 1.807) is 4.90 Å². The largest absolute Gasteiger partial charge is 0.433 e. The maximum atomic E-state index is 12.8. The fraction of sp³-hybridized carbons (Fsp3) is 0.667. The lowest BCUT2D eigenvalue weighted by molar-refractivity contribution is -0.141. The average Bonchev–Trinajstić information content (AvgIpc) is 2.62. The summed E-state index contributed by atoms with van der Waals surface area (Å²) in [4.78, 5) is 9.37. The number of hydrogen-bond donors (Lipinski definition) is 1. The quantitative estimate of drug-likeness (QED) is 0.904. The van der Waals surface area contributed by atoms with Crippen LogP contribution in [-0.2, 0) is 10.9 Å². The Morgan fingerprint density at radius 1 is 1.40 bits per heavy atom. The molecule has 0 bridgehead atoms. The molecule has 1 aliphatic heterocycles. The van der Waals surface area contributed by atoms with Crippen molar-refractivity contribution in [2.75, 3.05) is 37.0 Å². The Labute approximate surface area is 115 Å². The number of anilines is 2. The monoisotopic (exact) mass is 290 g/mol. The molecule has 1 N–H and O–H groups in total. The fourth-order valence-electron chi connectivity index (χ4n) is 2.06. The fourth-order valence-corrected chi connectivity index (χ4v) is 2.06. The van der Waals surface area contributed by atoms with Gasteiger partial charge in [0.15, 0.2) is 5.69 Å². The van der Waals surface area contributed by atoms with Gasteiger partial charge in [0.05, 0.1) is 6.10 Å². The van der Waals surface area contributed by atoms with Gasteiger partial charge < -0.3 is 15.0 Å². The van der Waals surface area contributed by atoms with Gasteiger partial charge in [-0.3, -0.25) is 0 Å².